The zero-order valence-corrected chi connectivity index (χ0v) is 15.9. The number of rotatable bonds is 7. The summed E-state index contributed by atoms with van der Waals surface area (Å²) < 4.78 is 10.1. The van der Waals surface area contributed by atoms with Crippen molar-refractivity contribution in [1.29, 1.82) is 0 Å². The summed E-state index contributed by atoms with van der Waals surface area (Å²) in [5.74, 6) is -0.105. The van der Waals surface area contributed by atoms with Crippen molar-refractivity contribution in [2.45, 2.75) is 0 Å². The molecule has 27 heavy (non-hydrogen) atoms. The van der Waals surface area contributed by atoms with E-state index in [9.17, 15) is 9.59 Å². The van der Waals surface area contributed by atoms with Crippen molar-refractivity contribution in [3.05, 3.63) is 59.7 Å². The first-order valence-corrected chi connectivity index (χ1v) is 8.58. The van der Waals surface area contributed by atoms with Crippen molar-refractivity contribution < 1.29 is 19.1 Å². The molecule has 0 saturated heterocycles. The number of para-hydroxylation sites is 1. The number of methoxy groups -OCH3 is 2. The van der Waals surface area contributed by atoms with E-state index in [1.54, 1.807) is 55.6 Å². The molecular weight excluding hydrogens is 366 g/mol. The topological polar surface area (TPSA) is 88.7 Å². The minimum atomic E-state index is -0.376. The zero-order chi connectivity index (χ0) is 19.6. The summed E-state index contributed by atoms with van der Waals surface area (Å²) in [6, 6.07) is 13.6. The fourth-order valence-electron chi connectivity index (χ4n) is 2.24. The van der Waals surface area contributed by atoms with E-state index in [0.29, 0.717) is 35.7 Å². The van der Waals surface area contributed by atoms with Crippen LogP contribution in [0.2, 0.25) is 0 Å². The Hall–Kier alpha value is -2.97. The van der Waals surface area contributed by atoms with Crippen LogP contribution < -0.4 is 20.7 Å². The van der Waals surface area contributed by atoms with E-state index >= 15 is 0 Å². The number of hydrogen-bond acceptors (Lipinski definition) is 5. The van der Waals surface area contributed by atoms with Crippen LogP contribution in [0.25, 0.3) is 0 Å². The maximum absolute atomic E-state index is 12.3. The second kappa shape index (κ2) is 10.2. The van der Waals surface area contributed by atoms with Crippen LogP contribution in [0.4, 0.5) is 5.69 Å². The summed E-state index contributed by atoms with van der Waals surface area (Å²) in [7, 11) is 3.07. The van der Waals surface area contributed by atoms with E-state index in [0.717, 1.165) is 0 Å². The van der Waals surface area contributed by atoms with E-state index in [1.165, 1.54) is 7.11 Å². The predicted molar refractivity (Wildman–Crippen MR) is 107 cm³/mol. The Labute approximate surface area is 163 Å². The Morgan fingerprint density at radius 3 is 2.37 bits per heavy atom. The molecule has 0 bridgehead atoms. The van der Waals surface area contributed by atoms with Crippen LogP contribution in [-0.2, 0) is 4.74 Å². The van der Waals surface area contributed by atoms with Crippen LogP contribution in [0.15, 0.2) is 48.5 Å². The van der Waals surface area contributed by atoms with Crippen molar-refractivity contribution in [2.24, 2.45) is 0 Å². The Morgan fingerprint density at radius 1 is 1.00 bits per heavy atom. The molecule has 0 aliphatic rings. The number of benzene rings is 2. The molecule has 2 aromatic rings. The highest BCUT2D eigenvalue weighted by Crippen LogP contribution is 2.17. The SMILES string of the molecule is COCCNC(=O)c1ccc(NC(=S)NC(=O)c2ccccc2OC)cc1. The van der Waals surface area contributed by atoms with Gasteiger partial charge in [-0.1, -0.05) is 12.1 Å². The third-order valence-corrected chi connectivity index (χ3v) is 3.78. The predicted octanol–water partition coefficient (Wildman–Crippen LogP) is 2.20. The number of hydrogen-bond donors (Lipinski definition) is 3. The second-order valence-corrected chi connectivity index (χ2v) is 5.84. The van der Waals surface area contributed by atoms with Gasteiger partial charge in [0, 0.05) is 24.9 Å². The van der Waals surface area contributed by atoms with Crippen LogP contribution in [0.1, 0.15) is 20.7 Å². The molecule has 0 aliphatic heterocycles. The largest absolute Gasteiger partial charge is 0.496 e. The fourth-order valence-corrected chi connectivity index (χ4v) is 2.45. The lowest BCUT2D eigenvalue weighted by molar-refractivity contribution is 0.0935. The molecule has 2 amide bonds. The summed E-state index contributed by atoms with van der Waals surface area (Å²) in [6.07, 6.45) is 0. The van der Waals surface area contributed by atoms with Crippen molar-refractivity contribution >= 4 is 34.8 Å². The molecule has 0 saturated carbocycles. The minimum absolute atomic E-state index is 0.142. The third kappa shape index (κ3) is 6.05. The number of anilines is 1. The van der Waals surface area contributed by atoms with Gasteiger partial charge in [-0.05, 0) is 48.6 Å². The molecule has 7 nitrogen and oxygen atoms in total. The van der Waals surface area contributed by atoms with Crippen LogP contribution >= 0.6 is 12.2 Å². The number of carbonyl (C=O) groups excluding carboxylic acids is 2. The normalized spacial score (nSPS) is 10.0. The van der Waals surface area contributed by atoms with E-state index in [-0.39, 0.29) is 16.9 Å². The number of ether oxygens (including phenoxy) is 2. The van der Waals surface area contributed by atoms with Crippen LogP contribution in [-0.4, -0.2) is 44.3 Å². The number of carbonyl (C=O) groups is 2. The molecule has 0 aliphatic carbocycles. The quantitative estimate of drug-likeness (QED) is 0.499. The minimum Gasteiger partial charge on any atom is -0.496 e. The highest BCUT2D eigenvalue weighted by molar-refractivity contribution is 7.80. The highest BCUT2D eigenvalue weighted by atomic mass is 32.1. The molecule has 0 heterocycles. The van der Waals surface area contributed by atoms with Crippen LogP contribution in [0.5, 0.6) is 5.75 Å². The monoisotopic (exact) mass is 387 g/mol. The van der Waals surface area contributed by atoms with Gasteiger partial charge in [0.25, 0.3) is 11.8 Å². The first-order valence-electron chi connectivity index (χ1n) is 8.17. The van der Waals surface area contributed by atoms with Gasteiger partial charge in [-0.15, -0.1) is 0 Å². The standard InChI is InChI=1S/C19H21N3O4S/c1-25-12-11-20-17(23)13-7-9-14(10-8-13)21-19(27)22-18(24)15-5-3-4-6-16(15)26-2/h3-10H,11-12H2,1-2H3,(H,20,23)(H2,21,22,24,27). The summed E-state index contributed by atoms with van der Waals surface area (Å²) in [5, 5.41) is 8.38. The molecule has 2 aromatic carbocycles. The second-order valence-electron chi connectivity index (χ2n) is 5.43. The van der Waals surface area contributed by atoms with Gasteiger partial charge in [0.2, 0.25) is 0 Å². The molecule has 142 valence electrons. The molecular formula is C19H21N3O4S. The molecule has 2 rings (SSSR count). The van der Waals surface area contributed by atoms with Gasteiger partial charge in [0.1, 0.15) is 5.75 Å². The van der Waals surface area contributed by atoms with E-state index < -0.39 is 0 Å². The van der Waals surface area contributed by atoms with Gasteiger partial charge in [-0.3, -0.25) is 14.9 Å². The number of amides is 2. The van der Waals surface area contributed by atoms with Crippen LogP contribution in [0, 0.1) is 0 Å². The molecule has 0 atom stereocenters. The molecule has 0 spiro atoms. The van der Waals surface area contributed by atoms with Crippen molar-refractivity contribution in [3.8, 4) is 5.75 Å². The lowest BCUT2D eigenvalue weighted by atomic mass is 10.2. The van der Waals surface area contributed by atoms with E-state index in [1.807, 2.05) is 0 Å². The smallest absolute Gasteiger partial charge is 0.261 e. The van der Waals surface area contributed by atoms with Gasteiger partial charge in [0.15, 0.2) is 5.11 Å². The average Bonchev–Trinajstić information content (AvgIpc) is 2.68. The Bertz CT molecular complexity index is 809. The summed E-state index contributed by atoms with van der Waals surface area (Å²) in [5.41, 5.74) is 1.54. The van der Waals surface area contributed by atoms with E-state index in [4.69, 9.17) is 21.7 Å². The van der Waals surface area contributed by atoms with E-state index in [2.05, 4.69) is 16.0 Å². The van der Waals surface area contributed by atoms with Gasteiger partial charge in [-0.25, -0.2) is 0 Å². The molecule has 8 heteroatoms. The maximum Gasteiger partial charge on any atom is 0.261 e. The van der Waals surface area contributed by atoms with Gasteiger partial charge < -0.3 is 20.1 Å². The Morgan fingerprint density at radius 2 is 1.70 bits per heavy atom. The fraction of sp³-hybridized carbons (Fsp3) is 0.211. The average molecular weight is 387 g/mol. The highest BCUT2D eigenvalue weighted by Gasteiger charge is 2.13. The zero-order valence-electron chi connectivity index (χ0n) is 15.1. The lowest BCUT2D eigenvalue weighted by Crippen LogP contribution is -2.34. The Kier molecular flexibility index (Phi) is 7.72. The van der Waals surface area contributed by atoms with Crippen LogP contribution in [0.3, 0.4) is 0 Å². The van der Waals surface area contributed by atoms with Gasteiger partial charge in [0.05, 0.1) is 19.3 Å². The lowest BCUT2D eigenvalue weighted by Gasteiger charge is -2.12. The summed E-state index contributed by atoms with van der Waals surface area (Å²) in [4.78, 5) is 24.2. The first-order chi connectivity index (χ1) is 13.0. The maximum atomic E-state index is 12.3. The summed E-state index contributed by atoms with van der Waals surface area (Å²) in [6.45, 7) is 0.889. The number of thiocarbonyl (C=S) groups is 1. The first kappa shape index (κ1) is 20.3. The molecule has 0 aromatic heterocycles. The van der Waals surface area contributed by atoms with Crippen molar-refractivity contribution in [1.82, 2.24) is 10.6 Å². The van der Waals surface area contributed by atoms with Crippen molar-refractivity contribution in [3.63, 3.8) is 0 Å². The van der Waals surface area contributed by atoms with Gasteiger partial charge in [-0.2, -0.15) is 0 Å². The number of nitrogens with one attached hydrogen (secondary N) is 3. The third-order valence-electron chi connectivity index (χ3n) is 3.58. The summed E-state index contributed by atoms with van der Waals surface area (Å²) >= 11 is 5.17. The van der Waals surface area contributed by atoms with Crippen molar-refractivity contribution in [2.75, 3.05) is 32.7 Å². The Balaban J connectivity index is 1.92. The molecule has 0 fully saturated rings. The molecule has 0 unspecified atom stereocenters. The van der Waals surface area contributed by atoms with Gasteiger partial charge >= 0.3 is 0 Å². The molecule has 3 N–H and O–H groups in total. The molecule has 0 radical (unpaired) electrons.